The maximum absolute atomic E-state index is 12.8. The minimum Gasteiger partial charge on any atom is -0.477 e. The SMILES string of the molecule is Cc1cc(C(=O)N2CCCCC2C)ccc1NC(=O)c1ccc(C(=O)O)s1. The monoisotopic (exact) mass is 386 g/mol. The van der Waals surface area contributed by atoms with Crippen molar-refractivity contribution in [1.82, 2.24) is 4.90 Å². The van der Waals surface area contributed by atoms with Gasteiger partial charge in [0.2, 0.25) is 0 Å². The summed E-state index contributed by atoms with van der Waals surface area (Å²) in [6.45, 7) is 4.69. The van der Waals surface area contributed by atoms with Crippen LogP contribution in [-0.2, 0) is 0 Å². The third kappa shape index (κ3) is 4.19. The molecular weight excluding hydrogens is 364 g/mol. The molecule has 2 amide bonds. The summed E-state index contributed by atoms with van der Waals surface area (Å²) >= 11 is 0.929. The van der Waals surface area contributed by atoms with Crippen molar-refractivity contribution in [3.05, 3.63) is 51.2 Å². The molecule has 0 bridgehead atoms. The van der Waals surface area contributed by atoms with Gasteiger partial charge in [-0.1, -0.05) is 0 Å². The number of aryl methyl sites for hydroxylation is 1. The number of thiophene rings is 1. The maximum atomic E-state index is 12.8. The second-order valence-corrected chi connectivity index (χ2v) is 7.88. The maximum Gasteiger partial charge on any atom is 0.345 e. The number of benzene rings is 1. The van der Waals surface area contributed by atoms with Crippen molar-refractivity contribution in [2.45, 2.75) is 39.2 Å². The van der Waals surface area contributed by atoms with E-state index in [0.717, 1.165) is 42.7 Å². The van der Waals surface area contributed by atoms with Gasteiger partial charge in [0, 0.05) is 23.8 Å². The Bertz CT molecular complexity index is 890. The van der Waals surface area contributed by atoms with Gasteiger partial charge in [-0.3, -0.25) is 9.59 Å². The van der Waals surface area contributed by atoms with Gasteiger partial charge in [0.25, 0.3) is 11.8 Å². The Morgan fingerprint density at radius 3 is 2.52 bits per heavy atom. The van der Waals surface area contributed by atoms with E-state index in [1.54, 1.807) is 18.2 Å². The molecule has 1 aromatic carbocycles. The molecule has 142 valence electrons. The van der Waals surface area contributed by atoms with Crippen LogP contribution in [0.4, 0.5) is 5.69 Å². The summed E-state index contributed by atoms with van der Waals surface area (Å²) in [4.78, 5) is 38.4. The van der Waals surface area contributed by atoms with Crippen LogP contribution in [0.2, 0.25) is 0 Å². The number of carbonyl (C=O) groups excluding carboxylic acids is 2. The van der Waals surface area contributed by atoms with Crippen molar-refractivity contribution >= 4 is 34.8 Å². The molecule has 2 aromatic rings. The van der Waals surface area contributed by atoms with Crippen LogP contribution in [0.15, 0.2) is 30.3 Å². The third-order valence-corrected chi connectivity index (χ3v) is 5.90. The van der Waals surface area contributed by atoms with E-state index in [-0.39, 0.29) is 22.7 Å². The van der Waals surface area contributed by atoms with Crippen LogP contribution in [0.5, 0.6) is 0 Å². The van der Waals surface area contributed by atoms with Gasteiger partial charge < -0.3 is 15.3 Å². The van der Waals surface area contributed by atoms with Crippen LogP contribution in [0.1, 0.15) is 61.5 Å². The summed E-state index contributed by atoms with van der Waals surface area (Å²) in [5.74, 6) is -1.39. The van der Waals surface area contributed by atoms with Crippen molar-refractivity contribution < 1.29 is 19.5 Å². The zero-order valence-electron chi connectivity index (χ0n) is 15.3. The molecule has 1 saturated heterocycles. The van der Waals surface area contributed by atoms with Crippen LogP contribution < -0.4 is 5.32 Å². The highest BCUT2D eigenvalue weighted by molar-refractivity contribution is 7.15. The predicted molar refractivity (Wildman–Crippen MR) is 105 cm³/mol. The fraction of sp³-hybridized carbons (Fsp3) is 0.350. The summed E-state index contributed by atoms with van der Waals surface area (Å²) in [6, 6.07) is 8.39. The quantitative estimate of drug-likeness (QED) is 0.831. The molecule has 6 nitrogen and oxygen atoms in total. The van der Waals surface area contributed by atoms with Crippen LogP contribution in [0, 0.1) is 6.92 Å². The molecule has 1 atom stereocenters. The molecule has 1 aliphatic heterocycles. The van der Waals surface area contributed by atoms with Crippen LogP contribution >= 0.6 is 11.3 Å². The van der Waals surface area contributed by atoms with Crippen molar-refractivity contribution in [1.29, 1.82) is 0 Å². The molecule has 0 aliphatic carbocycles. The van der Waals surface area contributed by atoms with Crippen LogP contribution in [0.3, 0.4) is 0 Å². The largest absolute Gasteiger partial charge is 0.477 e. The molecule has 1 aromatic heterocycles. The van der Waals surface area contributed by atoms with Gasteiger partial charge in [-0.25, -0.2) is 4.79 Å². The highest BCUT2D eigenvalue weighted by Crippen LogP contribution is 2.24. The van der Waals surface area contributed by atoms with Gasteiger partial charge in [-0.2, -0.15) is 0 Å². The Balaban J connectivity index is 1.73. The molecule has 3 rings (SSSR count). The number of carboxylic acids is 1. The number of nitrogens with one attached hydrogen (secondary N) is 1. The normalized spacial score (nSPS) is 16.8. The molecule has 0 saturated carbocycles. The van der Waals surface area contributed by atoms with Crippen molar-refractivity contribution in [3.63, 3.8) is 0 Å². The van der Waals surface area contributed by atoms with Gasteiger partial charge >= 0.3 is 5.97 Å². The lowest BCUT2D eigenvalue weighted by Crippen LogP contribution is -2.42. The van der Waals surface area contributed by atoms with E-state index in [4.69, 9.17) is 5.11 Å². The highest BCUT2D eigenvalue weighted by atomic mass is 32.1. The number of hydrogen-bond acceptors (Lipinski definition) is 4. The lowest BCUT2D eigenvalue weighted by molar-refractivity contribution is 0.0634. The van der Waals surface area contributed by atoms with Crippen LogP contribution in [-0.4, -0.2) is 40.4 Å². The Morgan fingerprint density at radius 2 is 1.89 bits per heavy atom. The smallest absolute Gasteiger partial charge is 0.345 e. The van der Waals surface area contributed by atoms with Crippen LogP contribution in [0.25, 0.3) is 0 Å². The van der Waals surface area contributed by atoms with Gasteiger partial charge in [-0.05, 0) is 69.0 Å². The minimum absolute atomic E-state index is 0.0209. The first kappa shape index (κ1) is 19.1. The number of aromatic carboxylic acids is 1. The van der Waals surface area contributed by atoms with E-state index in [2.05, 4.69) is 12.2 Å². The average Bonchev–Trinajstić information content (AvgIpc) is 3.14. The Morgan fingerprint density at radius 1 is 1.15 bits per heavy atom. The van der Waals surface area contributed by atoms with Gasteiger partial charge in [-0.15, -0.1) is 11.3 Å². The predicted octanol–water partition coefficient (Wildman–Crippen LogP) is 4.02. The van der Waals surface area contributed by atoms with E-state index >= 15 is 0 Å². The summed E-state index contributed by atoms with van der Waals surface area (Å²) < 4.78 is 0. The number of nitrogens with zero attached hydrogens (tertiary/aromatic N) is 1. The van der Waals surface area contributed by atoms with Crippen molar-refractivity contribution in [2.24, 2.45) is 0 Å². The number of piperidine rings is 1. The summed E-state index contributed by atoms with van der Waals surface area (Å²) in [5, 5.41) is 11.8. The number of carbonyl (C=O) groups is 3. The van der Waals surface area contributed by atoms with E-state index in [1.807, 2.05) is 11.8 Å². The average molecular weight is 386 g/mol. The topological polar surface area (TPSA) is 86.7 Å². The first-order valence-corrected chi connectivity index (χ1v) is 9.74. The van der Waals surface area contributed by atoms with E-state index in [0.29, 0.717) is 16.1 Å². The second-order valence-electron chi connectivity index (χ2n) is 6.80. The molecule has 1 aliphatic rings. The number of rotatable bonds is 4. The number of carboxylic acid groups (broad SMARTS) is 1. The number of likely N-dealkylation sites (tertiary alicyclic amines) is 1. The van der Waals surface area contributed by atoms with Gasteiger partial charge in [0.1, 0.15) is 4.88 Å². The third-order valence-electron chi connectivity index (χ3n) is 4.83. The Labute approximate surface area is 161 Å². The Kier molecular flexibility index (Phi) is 5.60. The molecular formula is C20H22N2O4S. The number of anilines is 1. The molecule has 1 unspecified atom stereocenters. The summed E-state index contributed by atoms with van der Waals surface area (Å²) in [5.41, 5.74) is 2.01. The van der Waals surface area contributed by atoms with E-state index in [9.17, 15) is 14.4 Å². The molecule has 7 heteroatoms. The second kappa shape index (κ2) is 7.92. The molecule has 1 fully saturated rings. The summed E-state index contributed by atoms with van der Waals surface area (Å²) in [7, 11) is 0. The molecule has 0 spiro atoms. The number of hydrogen-bond donors (Lipinski definition) is 2. The molecule has 27 heavy (non-hydrogen) atoms. The summed E-state index contributed by atoms with van der Waals surface area (Å²) in [6.07, 6.45) is 3.21. The van der Waals surface area contributed by atoms with Gasteiger partial charge in [0.05, 0.1) is 4.88 Å². The lowest BCUT2D eigenvalue weighted by Gasteiger charge is -2.33. The zero-order chi connectivity index (χ0) is 19.6. The van der Waals surface area contributed by atoms with Crippen molar-refractivity contribution in [2.75, 3.05) is 11.9 Å². The minimum atomic E-state index is -1.05. The van der Waals surface area contributed by atoms with Crippen molar-refractivity contribution in [3.8, 4) is 0 Å². The number of amides is 2. The molecule has 0 radical (unpaired) electrons. The highest BCUT2D eigenvalue weighted by Gasteiger charge is 2.24. The first-order valence-electron chi connectivity index (χ1n) is 8.93. The first-order chi connectivity index (χ1) is 12.9. The Hall–Kier alpha value is -2.67. The fourth-order valence-electron chi connectivity index (χ4n) is 3.26. The van der Waals surface area contributed by atoms with Gasteiger partial charge in [0.15, 0.2) is 0 Å². The molecule has 2 heterocycles. The van der Waals surface area contributed by atoms with E-state index in [1.165, 1.54) is 12.1 Å². The van der Waals surface area contributed by atoms with E-state index < -0.39 is 5.97 Å². The molecule has 2 N–H and O–H groups in total. The zero-order valence-corrected chi connectivity index (χ0v) is 16.1. The lowest BCUT2D eigenvalue weighted by atomic mass is 10.0. The standard InChI is InChI=1S/C20H22N2O4S/c1-12-11-14(19(24)22-10-4-3-5-13(22)2)6-7-15(12)21-18(23)16-8-9-17(27-16)20(25)26/h6-9,11,13H,3-5,10H2,1-2H3,(H,21,23)(H,25,26). The fourth-order valence-corrected chi connectivity index (χ4v) is 4.00.